The van der Waals surface area contributed by atoms with Crippen molar-refractivity contribution in [3.8, 4) is 0 Å². The van der Waals surface area contributed by atoms with Gasteiger partial charge in [0.2, 0.25) is 0 Å². The number of anilines is 1. The van der Waals surface area contributed by atoms with Crippen molar-refractivity contribution in [1.29, 1.82) is 0 Å². The first-order chi connectivity index (χ1) is 10.2. The van der Waals surface area contributed by atoms with Gasteiger partial charge in [0, 0.05) is 19.3 Å². The van der Waals surface area contributed by atoms with Gasteiger partial charge in [-0.25, -0.2) is 4.98 Å². The van der Waals surface area contributed by atoms with E-state index in [0.717, 1.165) is 49.1 Å². The Kier molecular flexibility index (Phi) is 3.85. The minimum atomic E-state index is -0.0157. The van der Waals surface area contributed by atoms with Gasteiger partial charge in [-0.05, 0) is 20.2 Å². The van der Waals surface area contributed by atoms with E-state index < -0.39 is 0 Å². The van der Waals surface area contributed by atoms with Crippen LogP contribution < -0.4 is 4.90 Å². The second kappa shape index (κ2) is 5.79. The first-order valence-corrected chi connectivity index (χ1v) is 7.03. The van der Waals surface area contributed by atoms with E-state index in [-0.39, 0.29) is 6.61 Å². The van der Waals surface area contributed by atoms with Crippen LogP contribution in [0.1, 0.15) is 17.1 Å². The number of aromatic nitrogens is 4. The smallest absolute Gasteiger partial charge is 0.147 e. The SMILES string of the molecule is CN(C)Cc1cncc(N2CCn3nc(CO)cc3C2)n1. The van der Waals surface area contributed by atoms with Crippen LogP contribution in [0.2, 0.25) is 0 Å². The lowest BCUT2D eigenvalue weighted by molar-refractivity contribution is 0.275. The summed E-state index contributed by atoms with van der Waals surface area (Å²) in [4.78, 5) is 13.3. The highest BCUT2D eigenvalue weighted by molar-refractivity contribution is 5.38. The molecule has 0 unspecified atom stereocenters. The summed E-state index contributed by atoms with van der Waals surface area (Å²) < 4.78 is 1.96. The predicted molar refractivity (Wildman–Crippen MR) is 78.6 cm³/mol. The van der Waals surface area contributed by atoms with Crippen molar-refractivity contribution < 1.29 is 5.11 Å². The molecule has 0 spiro atoms. The molecular weight excluding hydrogens is 268 g/mol. The molecule has 0 aromatic carbocycles. The number of hydrogen-bond donors (Lipinski definition) is 1. The Labute approximate surface area is 123 Å². The Balaban J connectivity index is 1.79. The summed E-state index contributed by atoms with van der Waals surface area (Å²) in [5.41, 5.74) is 2.79. The van der Waals surface area contributed by atoms with Gasteiger partial charge >= 0.3 is 0 Å². The van der Waals surface area contributed by atoms with Crippen LogP contribution in [0.3, 0.4) is 0 Å². The van der Waals surface area contributed by atoms with Crippen molar-refractivity contribution in [3.05, 3.63) is 35.5 Å². The molecule has 2 aromatic rings. The zero-order valence-corrected chi connectivity index (χ0v) is 12.4. The molecule has 0 atom stereocenters. The van der Waals surface area contributed by atoms with E-state index in [4.69, 9.17) is 0 Å². The summed E-state index contributed by atoms with van der Waals surface area (Å²) >= 11 is 0. The lowest BCUT2D eigenvalue weighted by Crippen LogP contribution is -2.34. The zero-order valence-electron chi connectivity index (χ0n) is 12.4. The van der Waals surface area contributed by atoms with Crippen molar-refractivity contribution in [2.24, 2.45) is 0 Å². The fourth-order valence-electron chi connectivity index (χ4n) is 2.55. The van der Waals surface area contributed by atoms with Gasteiger partial charge in [-0.3, -0.25) is 9.67 Å². The molecule has 0 saturated heterocycles. The number of fused-ring (bicyclic) bond motifs is 1. The van der Waals surface area contributed by atoms with E-state index in [1.807, 2.05) is 31.0 Å². The van der Waals surface area contributed by atoms with Crippen molar-refractivity contribution in [3.63, 3.8) is 0 Å². The molecule has 0 bridgehead atoms. The summed E-state index contributed by atoms with van der Waals surface area (Å²) in [5, 5.41) is 13.5. The number of rotatable bonds is 4. The lowest BCUT2D eigenvalue weighted by atomic mass is 10.3. The first kappa shape index (κ1) is 14.0. The number of hydrogen-bond acceptors (Lipinski definition) is 6. The molecule has 7 nitrogen and oxygen atoms in total. The second-order valence-corrected chi connectivity index (χ2v) is 5.54. The van der Waals surface area contributed by atoms with Crippen LogP contribution in [-0.4, -0.2) is 50.4 Å². The second-order valence-electron chi connectivity index (χ2n) is 5.54. The van der Waals surface area contributed by atoms with E-state index >= 15 is 0 Å². The largest absolute Gasteiger partial charge is 0.390 e. The molecule has 1 N–H and O–H groups in total. The number of nitrogens with zero attached hydrogens (tertiary/aromatic N) is 6. The molecule has 2 aromatic heterocycles. The van der Waals surface area contributed by atoms with Gasteiger partial charge in [0.15, 0.2) is 0 Å². The third kappa shape index (κ3) is 3.03. The van der Waals surface area contributed by atoms with Gasteiger partial charge < -0.3 is 14.9 Å². The van der Waals surface area contributed by atoms with Crippen molar-refractivity contribution in [1.82, 2.24) is 24.6 Å². The van der Waals surface area contributed by atoms with Gasteiger partial charge in [-0.15, -0.1) is 0 Å². The van der Waals surface area contributed by atoms with Crippen LogP contribution in [0.5, 0.6) is 0 Å². The van der Waals surface area contributed by atoms with Crippen molar-refractivity contribution in [2.45, 2.75) is 26.2 Å². The Bertz CT molecular complexity index is 624. The molecule has 0 saturated carbocycles. The molecule has 112 valence electrons. The molecule has 1 aliphatic heterocycles. The average molecular weight is 288 g/mol. The third-order valence-electron chi connectivity index (χ3n) is 3.48. The number of aliphatic hydroxyl groups excluding tert-OH is 1. The summed E-state index contributed by atoms with van der Waals surface area (Å²) in [6, 6.07) is 1.95. The Morgan fingerprint density at radius 1 is 1.24 bits per heavy atom. The molecule has 3 rings (SSSR count). The molecule has 0 amide bonds. The molecule has 21 heavy (non-hydrogen) atoms. The third-order valence-corrected chi connectivity index (χ3v) is 3.48. The van der Waals surface area contributed by atoms with Crippen LogP contribution in [-0.2, 0) is 26.2 Å². The molecule has 0 fully saturated rings. The molecule has 0 aliphatic carbocycles. The molecule has 1 aliphatic rings. The molecule has 7 heteroatoms. The quantitative estimate of drug-likeness (QED) is 0.869. The maximum Gasteiger partial charge on any atom is 0.147 e. The minimum Gasteiger partial charge on any atom is -0.390 e. The molecule has 0 radical (unpaired) electrons. The monoisotopic (exact) mass is 288 g/mol. The van der Waals surface area contributed by atoms with E-state index in [2.05, 4.69) is 24.9 Å². The highest BCUT2D eigenvalue weighted by atomic mass is 16.3. The van der Waals surface area contributed by atoms with Crippen molar-refractivity contribution in [2.75, 3.05) is 25.5 Å². The molecule has 3 heterocycles. The summed E-state index contributed by atoms with van der Waals surface area (Å²) in [7, 11) is 4.04. The van der Waals surface area contributed by atoms with Gasteiger partial charge in [0.1, 0.15) is 5.82 Å². The summed E-state index contributed by atoms with van der Waals surface area (Å²) in [5.74, 6) is 0.896. The number of aliphatic hydroxyl groups is 1. The normalized spacial score (nSPS) is 14.6. The van der Waals surface area contributed by atoms with E-state index in [1.165, 1.54) is 0 Å². The van der Waals surface area contributed by atoms with Crippen LogP contribution >= 0.6 is 0 Å². The van der Waals surface area contributed by atoms with E-state index in [9.17, 15) is 5.11 Å². The van der Waals surface area contributed by atoms with Crippen LogP contribution in [0.4, 0.5) is 5.82 Å². The summed E-state index contributed by atoms with van der Waals surface area (Å²) in [6.07, 6.45) is 3.61. The van der Waals surface area contributed by atoms with Gasteiger partial charge in [-0.2, -0.15) is 5.10 Å². The first-order valence-electron chi connectivity index (χ1n) is 7.03. The fraction of sp³-hybridized carbons (Fsp3) is 0.500. The topological polar surface area (TPSA) is 70.3 Å². The van der Waals surface area contributed by atoms with E-state index in [1.54, 1.807) is 6.20 Å². The average Bonchev–Trinajstić information content (AvgIpc) is 2.89. The maximum absolute atomic E-state index is 9.17. The standard InChI is InChI=1S/C14H20N6O/c1-18(2)8-12-6-15-7-14(16-12)19-3-4-20-13(9-19)5-11(10-21)17-20/h5-7,21H,3-4,8-10H2,1-2H3. The maximum atomic E-state index is 9.17. The lowest BCUT2D eigenvalue weighted by Gasteiger charge is -2.28. The Hall–Kier alpha value is -1.99. The highest BCUT2D eigenvalue weighted by Gasteiger charge is 2.19. The van der Waals surface area contributed by atoms with Crippen molar-refractivity contribution >= 4 is 5.82 Å². The molecular formula is C14H20N6O. The van der Waals surface area contributed by atoms with Gasteiger partial charge in [0.05, 0.1) is 43.0 Å². The van der Waals surface area contributed by atoms with Crippen LogP contribution in [0.15, 0.2) is 18.5 Å². The highest BCUT2D eigenvalue weighted by Crippen LogP contribution is 2.19. The summed E-state index contributed by atoms with van der Waals surface area (Å²) in [6.45, 7) is 3.15. The Morgan fingerprint density at radius 3 is 2.86 bits per heavy atom. The fourth-order valence-corrected chi connectivity index (χ4v) is 2.55. The predicted octanol–water partition coefficient (Wildman–Crippen LogP) is 0.247. The van der Waals surface area contributed by atoms with Gasteiger partial charge in [-0.1, -0.05) is 0 Å². The minimum absolute atomic E-state index is 0.0157. The Morgan fingerprint density at radius 2 is 2.10 bits per heavy atom. The van der Waals surface area contributed by atoms with E-state index in [0.29, 0.717) is 0 Å². The van der Waals surface area contributed by atoms with Crippen LogP contribution in [0.25, 0.3) is 0 Å². The van der Waals surface area contributed by atoms with Crippen LogP contribution in [0, 0.1) is 0 Å². The van der Waals surface area contributed by atoms with Gasteiger partial charge in [0.25, 0.3) is 0 Å². The zero-order chi connectivity index (χ0) is 14.8.